The zero-order valence-electron chi connectivity index (χ0n) is 38.5. The summed E-state index contributed by atoms with van der Waals surface area (Å²) in [5.74, 6) is -4.47. The highest BCUT2D eigenvalue weighted by atomic mass is 16.7. The number of ketones is 2. The van der Waals surface area contributed by atoms with Gasteiger partial charge in [0.1, 0.15) is 35.8 Å². The van der Waals surface area contributed by atoms with Gasteiger partial charge in [-0.1, -0.05) is 42.9 Å². The van der Waals surface area contributed by atoms with Crippen LogP contribution in [-0.4, -0.2) is 102 Å². The van der Waals surface area contributed by atoms with Crippen molar-refractivity contribution >= 4 is 40.0 Å². The van der Waals surface area contributed by atoms with E-state index in [1.807, 2.05) is 6.07 Å². The average molecular weight is 935 g/mol. The summed E-state index contributed by atoms with van der Waals surface area (Å²) < 4.78 is 14.5. The second-order valence-corrected chi connectivity index (χ2v) is 23.1. The van der Waals surface area contributed by atoms with Crippen LogP contribution in [0.4, 0.5) is 5.82 Å². The summed E-state index contributed by atoms with van der Waals surface area (Å²) in [5.41, 5.74) is -0.909. The molecule has 11 aliphatic rings. The number of anilines is 1. The number of phenols is 1. The number of nitrogens with zero attached hydrogens (tertiary/aromatic N) is 2. The van der Waals surface area contributed by atoms with Crippen molar-refractivity contribution in [2.45, 2.75) is 151 Å². The molecule has 1 saturated heterocycles. The number of fused-ring (bicyclic) bond motifs is 7. The van der Waals surface area contributed by atoms with Gasteiger partial charge in [-0.2, -0.15) is 5.69 Å². The summed E-state index contributed by atoms with van der Waals surface area (Å²) in [6.07, 6.45) is 7.17. The number of phenolic OH excluding ortho intramolecular Hbond substituents is 1. The fraction of sp³-hybridized carbons (Fsp3) is 0.527. The van der Waals surface area contributed by atoms with Gasteiger partial charge < -0.3 is 55.2 Å². The molecule has 15 rings (SSSR count). The summed E-state index contributed by atoms with van der Waals surface area (Å²) >= 11 is 0. The minimum absolute atomic E-state index is 0.000445. The number of carbonyl (C=O) groups excluding carboxylic acids is 3. The van der Waals surface area contributed by atoms with E-state index in [0.29, 0.717) is 76.8 Å². The van der Waals surface area contributed by atoms with Crippen LogP contribution in [0.2, 0.25) is 0 Å². The van der Waals surface area contributed by atoms with Gasteiger partial charge in [-0.05, 0) is 140 Å². The third-order valence-corrected chi connectivity index (χ3v) is 19.7. The lowest BCUT2D eigenvalue weighted by atomic mass is 9.50. The number of pyridine rings is 1. The molecule has 2 aromatic heterocycles. The number of aliphatic hydroxyl groups excluding tert-OH is 5. The van der Waals surface area contributed by atoms with Gasteiger partial charge in [0.2, 0.25) is 5.78 Å². The van der Waals surface area contributed by atoms with E-state index in [9.17, 15) is 35.4 Å². The van der Waals surface area contributed by atoms with E-state index in [-0.39, 0.29) is 57.7 Å². The van der Waals surface area contributed by atoms with Gasteiger partial charge in [0.15, 0.2) is 17.5 Å². The molecule has 6 spiro atoms. The van der Waals surface area contributed by atoms with Crippen molar-refractivity contribution in [3.8, 4) is 11.5 Å². The third kappa shape index (κ3) is 5.17. The molecule has 7 aliphatic carbocycles. The smallest absolute Gasteiger partial charge is 0.261 e. The number of aryl methyl sites for hydroxylation is 1. The minimum Gasteiger partial charge on any atom is -0.660 e. The Bertz CT molecular complexity index is 3090. The van der Waals surface area contributed by atoms with Crippen LogP contribution in [-0.2, 0) is 16.0 Å². The molecule has 358 valence electrons. The van der Waals surface area contributed by atoms with Crippen molar-refractivity contribution in [2.75, 3.05) is 11.9 Å². The van der Waals surface area contributed by atoms with Gasteiger partial charge in [-0.15, -0.1) is 5.69 Å². The molecule has 6 heterocycles. The van der Waals surface area contributed by atoms with Crippen molar-refractivity contribution in [2.24, 2.45) is 21.7 Å². The SMILES string of the molecule is Cc1cc(O)c2c(c1)C(=O)c1c(c3cc4c(nccc14)NC[C@H](O)[C@]14CC5(CCCC5)C[C@H]1c1cc(CC=O)[n-]c1C1=C[C@@]5(O3)O[C@@]3(C1=C4C[C@]1(CCC4(CCCC4)C1)[C@H]3O)[C@@H](O)[C@H](O)[C@H]5O)C2=O. The summed E-state index contributed by atoms with van der Waals surface area (Å²) in [7, 11) is 0. The second kappa shape index (κ2) is 13.8. The summed E-state index contributed by atoms with van der Waals surface area (Å²) in [5, 5.41) is 81.5. The molecule has 8 bridgehead atoms. The number of hydrogen-bond donors (Lipinski definition) is 7. The van der Waals surface area contributed by atoms with Crippen LogP contribution in [0.3, 0.4) is 0 Å². The van der Waals surface area contributed by atoms with Gasteiger partial charge in [0, 0.05) is 46.5 Å². The van der Waals surface area contributed by atoms with Gasteiger partial charge in [-0.25, -0.2) is 4.98 Å². The number of aromatic hydroxyl groups is 1. The van der Waals surface area contributed by atoms with Crippen molar-refractivity contribution in [1.82, 2.24) is 9.97 Å². The van der Waals surface area contributed by atoms with E-state index in [1.165, 1.54) is 12.1 Å². The Kier molecular flexibility index (Phi) is 8.53. The Balaban J connectivity index is 1.12. The van der Waals surface area contributed by atoms with Gasteiger partial charge in [0.05, 0.1) is 23.3 Å². The Morgan fingerprint density at radius 3 is 2.41 bits per heavy atom. The molecule has 14 nitrogen and oxygen atoms in total. The van der Waals surface area contributed by atoms with Crippen LogP contribution in [0.25, 0.3) is 16.3 Å². The Morgan fingerprint density at radius 1 is 0.870 bits per heavy atom. The lowest BCUT2D eigenvalue weighted by molar-refractivity contribution is -0.366. The molecule has 0 radical (unpaired) electrons. The van der Waals surface area contributed by atoms with Crippen molar-refractivity contribution < 1.29 is 54.5 Å². The molecule has 10 atom stereocenters. The number of ether oxygens (including phenoxy) is 2. The standard InChI is InChI=1S/C55H56N3O11/c1-26-16-31-38(35(60)17-26)44(63)40-36-19-29-28(39(40)43(31)62)6-14-56-48(29)57-23-37(61)53-25-51(10-4-5-11-51)21-33(53)30-18-27(7-15-59)58-42(30)32-20-54(68-36)46(65)45(64)47(66)55(69-54)41(32)34(53)22-52(49(55)67)13-12-50(24-52)8-2-3-9-50/h6,14-20,33,37,45-47,49,61,64-67H,2-5,7-13,21-25H2,1H3,(H,60,63)(H,56,57,62)/q-1/t33-,37-,45+,46+,47-,49+,52-,53+,54+,55-/m0/s1. The lowest BCUT2D eigenvalue weighted by Crippen LogP contribution is -2.79. The molecule has 4 aromatic rings. The number of aldehydes is 1. The van der Waals surface area contributed by atoms with Crippen molar-refractivity contribution in [3.63, 3.8) is 0 Å². The van der Waals surface area contributed by atoms with E-state index >= 15 is 9.59 Å². The first-order chi connectivity index (χ1) is 33.1. The van der Waals surface area contributed by atoms with E-state index in [4.69, 9.17) is 19.4 Å². The first-order valence-corrected chi connectivity index (χ1v) is 25.1. The van der Waals surface area contributed by atoms with Crippen LogP contribution in [0.5, 0.6) is 11.5 Å². The number of aliphatic hydroxyl groups is 5. The van der Waals surface area contributed by atoms with Crippen molar-refractivity contribution in [3.05, 3.63) is 98.5 Å². The highest BCUT2D eigenvalue weighted by Gasteiger charge is 2.76. The summed E-state index contributed by atoms with van der Waals surface area (Å²) in [6.45, 7) is 1.70. The van der Waals surface area contributed by atoms with E-state index in [2.05, 4.69) is 5.32 Å². The molecule has 4 aliphatic heterocycles. The monoisotopic (exact) mass is 934 g/mol. The highest BCUT2D eigenvalue weighted by molar-refractivity contribution is 6.34. The first-order valence-electron chi connectivity index (χ1n) is 25.1. The first kappa shape index (κ1) is 42.6. The van der Waals surface area contributed by atoms with Gasteiger partial charge in [0.25, 0.3) is 5.79 Å². The zero-order chi connectivity index (χ0) is 47.4. The van der Waals surface area contributed by atoms with Gasteiger partial charge in [-0.3, -0.25) is 9.59 Å². The molecule has 5 fully saturated rings. The third-order valence-electron chi connectivity index (χ3n) is 19.7. The molecular weight excluding hydrogens is 879 g/mol. The fourth-order valence-electron chi connectivity index (χ4n) is 17.0. The Morgan fingerprint density at radius 2 is 1.64 bits per heavy atom. The number of hydrogen-bond acceptors (Lipinski definition) is 13. The highest BCUT2D eigenvalue weighted by Crippen LogP contribution is 2.76. The predicted molar refractivity (Wildman–Crippen MR) is 249 cm³/mol. The topological polar surface area (TPSA) is 230 Å². The molecule has 14 heteroatoms. The Labute approximate surface area is 397 Å². The summed E-state index contributed by atoms with van der Waals surface area (Å²) in [6, 6.07) is 8.09. The maximum atomic E-state index is 15.1. The van der Waals surface area contributed by atoms with E-state index in [1.54, 1.807) is 31.3 Å². The molecule has 7 N–H and O–H groups in total. The minimum atomic E-state index is -2.48. The van der Waals surface area contributed by atoms with Crippen molar-refractivity contribution in [1.29, 1.82) is 0 Å². The molecule has 4 saturated carbocycles. The quantitative estimate of drug-likeness (QED) is 0.104. The van der Waals surface area contributed by atoms with Crippen LogP contribution < -0.4 is 15.0 Å². The maximum absolute atomic E-state index is 15.1. The Hall–Kier alpha value is -5.22. The van der Waals surface area contributed by atoms with E-state index in [0.717, 1.165) is 75.2 Å². The normalized spacial score (nSPS) is 37.2. The number of nitrogens with one attached hydrogen (secondary N) is 1. The lowest BCUT2D eigenvalue weighted by Gasteiger charge is -2.64. The second-order valence-electron chi connectivity index (χ2n) is 23.1. The van der Waals surface area contributed by atoms with Gasteiger partial charge >= 0.3 is 0 Å². The molecular formula is C55H56N3O11-. The van der Waals surface area contributed by atoms with Crippen LogP contribution in [0.1, 0.15) is 150 Å². The molecule has 69 heavy (non-hydrogen) atoms. The number of aromatic nitrogens is 2. The zero-order valence-corrected chi connectivity index (χ0v) is 38.5. The fourth-order valence-corrected chi connectivity index (χ4v) is 17.0. The predicted octanol–water partition coefficient (Wildman–Crippen LogP) is 5.76. The maximum Gasteiger partial charge on any atom is 0.261 e. The summed E-state index contributed by atoms with van der Waals surface area (Å²) in [4.78, 5) is 52.4. The average Bonchev–Trinajstić information content (AvgIpc) is 4.19. The molecule has 2 aromatic carbocycles. The van der Waals surface area contributed by atoms with Crippen LogP contribution in [0.15, 0.2) is 53.8 Å². The number of benzene rings is 2. The van der Waals surface area contributed by atoms with Crippen LogP contribution >= 0.6 is 0 Å². The van der Waals surface area contributed by atoms with Crippen LogP contribution in [0, 0.1) is 28.6 Å². The molecule has 0 amide bonds. The number of carbonyl (C=O) groups is 3. The largest absolute Gasteiger partial charge is 0.660 e. The number of rotatable bonds is 2. The van der Waals surface area contributed by atoms with E-state index < -0.39 is 70.1 Å². The molecule has 0 unspecified atom stereocenters.